The van der Waals surface area contributed by atoms with E-state index in [1.54, 1.807) is 29.2 Å². The fourth-order valence-electron chi connectivity index (χ4n) is 3.58. The van der Waals surface area contributed by atoms with Crippen molar-refractivity contribution in [1.82, 2.24) is 10.2 Å². The Morgan fingerprint density at radius 2 is 1.72 bits per heavy atom. The van der Waals surface area contributed by atoms with Crippen LogP contribution >= 0.6 is 12.4 Å². The Morgan fingerprint density at radius 3 is 2.34 bits per heavy atom. The monoisotopic (exact) mass is 427 g/mol. The third-order valence-corrected chi connectivity index (χ3v) is 5.25. The van der Waals surface area contributed by atoms with Crippen LogP contribution in [0.25, 0.3) is 0 Å². The van der Waals surface area contributed by atoms with Crippen molar-refractivity contribution in [3.8, 4) is 0 Å². The Balaban J connectivity index is 0.00000300. The van der Waals surface area contributed by atoms with Gasteiger partial charge >= 0.3 is 6.18 Å². The van der Waals surface area contributed by atoms with Crippen LogP contribution in [-0.4, -0.2) is 36.6 Å². The van der Waals surface area contributed by atoms with Gasteiger partial charge < -0.3 is 11.1 Å². The van der Waals surface area contributed by atoms with E-state index < -0.39 is 17.5 Å². The number of rotatable bonds is 6. The van der Waals surface area contributed by atoms with E-state index in [1.807, 2.05) is 30.3 Å². The molecule has 3 N–H and O–H groups in total. The van der Waals surface area contributed by atoms with Gasteiger partial charge in [0.15, 0.2) is 5.41 Å². The van der Waals surface area contributed by atoms with E-state index in [1.165, 1.54) is 0 Å². The lowest BCUT2D eigenvalue weighted by Crippen LogP contribution is -2.52. The largest absolute Gasteiger partial charge is 0.404 e. The molecule has 1 saturated heterocycles. The van der Waals surface area contributed by atoms with Crippen LogP contribution in [0.3, 0.4) is 0 Å². The average molecular weight is 428 g/mol. The van der Waals surface area contributed by atoms with Crippen LogP contribution in [0.2, 0.25) is 0 Å². The summed E-state index contributed by atoms with van der Waals surface area (Å²) in [6.07, 6.45) is -4.37. The number of carbonyl (C=O) groups is 1. The van der Waals surface area contributed by atoms with E-state index in [2.05, 4.69) is 5.32 Å². The summed E-state index contributed by atoms with van der Waals surface area (Å²) < 4.78 is 41.6. The van der Waals surface area contributed by atoms with Gasteiger partial charge in [0.1, 0.15) is 0 Å². The summed E-state index contributed by atoms with van der Waals surface area (Å²) in [5.74, 6) is -0.939. The van der Waals surface area contributed by atoms with E-state index in [4.69, 9.17) is 5.73 Å². The topological polar surface area (TPSA) is 58.4 Å². The van der Waals surface area contributed by atoms with Crippen LogP contribution in [0.5, 0.6) is 0 Å². The van der Waals surface area contributed by atoms with Crippen LogP contribution < -0.4 is 11.1 Å². The number of nitrogens with zero attached hydrogens (tertiary/aromatic N) is 1. The SMILES string of the molecule is Cl.Nc1ccc(CCNC(=O)C2(C(F)(F)F)CCN(Cc3ccccc3)C2)cc1. The summed E-state index contributed by atoms with van der Waals surface area (Å²) in [4.78, 5) is 14.3. The van der Waals surface area contributed by atoms with Gasteiger partial charge in [-0.25, -0.2) is 0 Å². The predicted octanol–water partition coefficient (Wildman–Crippen LogP) is 3.80. The van der Waals surface area contributed by atoms with Gasteiger partial charge in [0, 0.05) is 25.3 Å². The normalized spacial score (nSPS) is 19.6. The van der Waals surface area contributed by atoms with E-state index in [-0.39, 0.29) is 38.5 Å². The lowest BCUT2D eigenvalue weighted by molar-refractivity contribution is -0.218. The molecule has 0 bridgehead atoms. The molecule has 0 aliphatic carbocycles. The Bertz CT molecular complexity index is 799. The fourth-order valence-corrected chi connectivity index (χ4v) is 3.58. The van der Waals surface area contributed by atoms with E-state index in [0.29, 0.717) is 18.7 Å². The molecule has 2 aromatic carbocycles. The smallest absolute Gasteiger partial charge is 0.399 e. The van der Waals surface area contributed by atoms with Gasteiger partial charge in [-0.3, -0.25) is 9.69 Å². The number of halogens is 4. The van der Waals surface area contributed by atoms with Crippen molar-refractivity contribution in [2.45, 2.75) is 25.6 Å². The Hall–Kier alpha value is -2.25. The fraction of sp³-hybridized carbons (Fsp3) is 0.381. The molecule has 158 valence electrons. The van der Waals surface area contributed by atoms with Gasteiger partial charge in [-0.2, -0.15) is 13.2 Å². The molecule has 0 radical (unpaired) electrons. The molecule has 1 heterocycles. The molecule has 1 aliphatic heterocycles. The van der Waals surface area contributed by atoms with Crippen molar-refractivity contribution in [3.63, 3.8) is 0 Å². The van der Waals surface area contributed by atoms with Crippen LogP contribution in [0.4, 0.5) is 18.9 Å². The second-order valence-electron chi connectivity index (χ2n) is 7.27. The van der Waals surface area contributed by atoms with Crippen molar-refractivity contribution in [2.75, 3.05) is 25.4 Å². The minimum absolute atomic E-state index is 0. The highest BCUT2D eigenvalue weighted by atomic mass is 35.5. The quantitative estimate of drug-likeness (QED) is 0.689. The molecule has 2 aromatic rings. The van der Waals surface area contributed by atoms with Gasteiger partial charge in [-0.1, -0.05) is 42.5 Å². The first-order valence-electron chi connectivity index (χ1n) is 9.26. The lowest BCUT2D eigenvalue weighted by atomic mass is 9.85. The molecule has 4 nitrogen and oxygen atoms in total. The van der Waals surface area contributed by atoms with Crippen LogP contribution in [0.1, 0.15) is 17.5 Å². The summed E-state index contributed by atoms with van der Waals surface area (Å²) in [6, 6.07) is 16.4. The van der Waals surface area contributed by atoms with E-state index in [0.717, 1.165) is 11.1 Å². The molecule has 29 heavy (non-hydrogen) atoms. The first kappa shape index (κ1) is 23.0. The number of anilines is 1. The maximum Gasteiger partial charge on any atom is 0.404 e. The zero-order chi connectivity index (χ0) is 20.2. The first-order chi connectivity index (χ1) is 13.3. The summed E-state index contributed by atoms with van der Waals surface area (Å²) >= 11 is 0. The number of hydrogen-bond acceptors (Lipinski definition) is 3. The summed E-state index contributed by atoms with van der Waals surface area (Å²) in [7, 11) is 0. The molecule has 8 heteroatoms. The van der Waals surface area contributed by atoms with E-state index >= 15 is 0 Å². The van der Waals surface area contributed by atoms with Crippen LogP contribution in [0.15, 0.2) is 54.6 Å². The molecule has 1 fully saturated rings. The Morgan fingerprint density at radius 1 is 1.07 bits per heavy atom. The van der Waals surface area contributed by atoms with Crippen molar-refractivity contribution in [1.29, 1.82) is 0 Å². The van der Waals surface area contributed by atoms with Crippen LogP contribution in [-0.2, 0) is 17.8 Å². The van der Waals surface area contributed by atoms with Crippen molar-refractivity contribution < 1.29 is 18.0 Å². The molecule has 1 amide bonds. The first-order valence-corrected chi connectivity index (χ1v) is 9.26. The lowest BCUT2D eigenvalue weighted by Gasteiger charge is -2.30. The molecule has 0 spiro atoms. The number of alkyl halides is 3. The summed E-state index contributed by atoms with van der Waals surface area (Å²) in [5, 5.41) is 2.50. The number of nitrogen functional groups attached to an aromatic ring is 1. The number of amides is 1. The summed E-state index contributed by atoms with van der Waals surface area (Å²) in [5.41, 5.74) is 5.73. The van der Waals surface area contributed by atoms with Crippen LogP contribution in [0, 0.1) is 5.41 Å². The van der Waals surface area contributed by atoms with Crippen molar-refractivity contribution in [2.24, 2.45) is 5.41 Å². The second kappa shape index (κ2) is 9.50. The molecular weight excluding hydrogens is 403 g/mol. The van der Waals surface area contributed by atoms with Crippen molar-refractivity contribution in [3.05, 3.63) is 65.7 Å². The third kappa shape index (κ3) is 5.42. The third-order valence-electron chi connectivity index (χ3n) is 5.25. The molecule has 0 aromatic heterocycles. The molecule has 1 aliphatic rings. The minimum atomic E-state index is -4.59. The standard InChI is InChI=1S/C21H24F3N3O.ClH/c22-21(23,24)20(11-13-27(15-20)14-17-4-2-1-3-5-17)19(28)26-12-10-16-6-8-18(25)9-7-16;/h1-9H,10-15,25H2,(H,26,28);1H. The maximum atomic E-state index is 13.9. The highest BCUT2D eigenvalue weighted by Gasteiger charge is 2.62. The molecule has 3 rings (SSSR count). The van der Waals surface area contributed by atoms with E-state index in [9.17, 15) is 18.0 Å². The van der Waals surface area contributed by atoms with Gasteiger partial charge in [0.05, 0.1) is 0 Å². The highest BCUT2D eigenvalue weighted by Crippen LogP contribution is 2.46. The predicted molar refractivity (Wildman–Crippen MR) is 110 cm³/mol. The zero-order valence-corrected chi connectivity index (χ0v) is 16.7. The van der Waals surface area contributed by atoms with Gasteiger partial charge in [0.2, 0.25) is 5.91 Å². The molecule has 0 saturated carbocycles. The molecule has 1 atom stereocenters. The molecular formula is C21H25ClF3N3O. The Kier molecular flexibility index (Phi) is 7.54. The minimum Gasteiger partial charge on any atom is -0.399 e. The zero-order valence-electron chi connectivity index (χ0n) is 15.9. The number of benzene rings is 2. The number of nitrogens with one attached hydrogen (secondary N) is 1. The molecule has 1 unspecified atom stereocenters. The summed E-state index contributed by atoms with van der Waals surface area (Å²) in [6.45, 7) is 0.468. The number of likely N-dealkylation sites (tertiary alicyclic amines) is 1. The number of hydrogen-bond donors (Lipinski definition) is 2. The maximum absolute atomic E-state index is 13.9. The van der Waals surface area contributed by atoms with Gasteiger partial charge in [0.25, 0.3) is 0 Å². The number of nitrogens with two attached hydrogens (primary N) is 1. The average Bonchev–Trinajstić information content (AvgIpc) is 3.09. The van der Waals surface area contributed by atoms with Gasteiger partial charge in [-0.05, 0) is 42.6 Å². The number of carbonyl (C=O) groups excluding carboxylic acids is 1. The van der Waals surface area contributed by atoms with Crippen molar-refractivity contribution >= 4 is 24.0 Å². The highest BCUT2D eigenvalue weighted by molar-refractivity contribution is 5.85. The second-order valence-corrected chi connectivity index (χ2v) is 7.27. The van der Waals surface area contributed by atoms with Gasteiger partial charge in [-0.15, -0.1) is 12.4 Å². The Labute approximate surface area is 174 Å².